The highest BCUT2D eigenvalue weighted by Crippen LogP contribution is 2.28. The number of thiazole rings is 1. The van der Waals surface area contributed by atoms with Gasteiger partial charge in [0, 0.05) is 68.8 Å². The summed E-state index contributed by atoms with van der Waals surface area (Å²) in [5.41, 5.74) is 1.33. The number of hydrogen-bond acceptors (Lipinski definition) is 6. The van der Waals surface area contributed by atoms with E-state index in [1.165, 1.54) is 10.4 Å². The van der Waals surface area contributed by atoms with Crippen LogP contribution in [0.1, 0.15) is 30.3 Å². The van der Waals surface area contributed by atoms with Gasteiger partial charge in [-0.15, -0.1) is 11.3 Å². The van der Waals surface area contributed by atoms with Crippen LogP contribution in [0.4, 0.5) is 5.13 Å². The Kier molecular flexibility index (Phi) is 5.59. The lowest BCUT2D eigenvalue weighted by Gasteiger charge is -2.36. The fraction of sp³-hybridized carbons (Fsp3) is 0.529. The second-order valence-corrected chi connectivity index (χ2v) is 6.85. The van der Waals surface area contributed by atoms with Crippen molar-refractivity contribution < 1.29 is 0 Å². The van der Waals surface area contributed by atoms with Gasteiger partial charge in [0.25, 0.3) is 0 Å². The van der Waals surface area contributed by atoms with Crippen LogP contribution in [-0.4, -0.2) is 47.6 Å². The first kappa shape index (κ1) is 16.4. The Labute approximate surface area is 142 Å². The van der Waals surface area contributed by atoms with Crippen molar-refractivity contribution in [1.82, 2.24) is 20.2 Å². The van der Waals surface area contributed by atoms with Crippen molar-refractivity contribution in [3.8, 4) is 0 Å². The van der Waals surface area contributed by atoms with E-state index in [2.05, 4.69) is 51.1 Å². The van der Waals surface area contributed by atoms with Crippen molar-refractivity contribution in [2.45, 2.75) is 26.4 Å². The van der Waals surface area contributed by atoms with Crippen LogP contribution in [0.5, 0.6) is 0 Å². The van der Waals surface area contributed by atoms with E-state index in [9.17, 15) is 0 Å². The second-order valence-electron chi connectivity index (χ2n) is 5.75. The van der Waals surface area contributed by atoms with Gasteiger partial charge < -0.3 is 10.2 Å². The molecule has 1 unspecified atom stereocenters. The first-order valence-electron chi connectivity index (χ1n) is 8.36. The third-order valence-electron chi connectivity index (χ3n) is 4.38. The number of piperazine rings is 1. The molecule has 1 N–H and O–H groups in total. The number of aromatic nitrogens is 2. The molecule has 1 aliphatic heterocycles. The van der Waals surface area contributed by atoms with Crippen LogP contribution in [0.2, 0.25) is 0 Å². The molecule has 1 aliphatic rings. The van der Waals surface area contributed by atoms with E-state index in [0.717, 1.165) is 44.4 Å². The van der Waals surface area contributed by atoms with Gasteiger partial charge >= 0.3 is 0 Å². The summed E-state index contributed by atoms with van der Waals surface area (Å²) < 4.78 is 0. The van der Waals surface area contributed by atoms with Crippen molar-refractivity contribution in [2.24, 2.45) is 0 Å². The molecule has 3 rings (SSSR count). The Morgan fingerprint density at radius 2 is 2.09 bits per heavy atom. The first-order valence-corrected chi connectivity index (χ1v) is 9.17. The molecule has 23 heavy (non-hydrogen) atoms. The maximum Gasteiger partial charge on any atom is 0.185 e. The first-order chi connectivity index (χ1) is 11.3. The van der Waals surface area contributed by atoms with Gasteiger partial charge in [-0.05, 0) is 31.5 Å². The van der Waals surface area contributed by atoms with E-state index < -0.39 is 0 Å². The van der Waals surface area contributed by atoms with Gasteiger partial charge in [-0.1, -0.05) is 0 Å². The van der Waals surface area contributed by atoms with E-state index in [1.807, 2.05) is 29.9 Å². The van der Waals surface area contributed by atoms with Crippen LogP contribution < -0.4 is 10.2 Å². The van der Waals surface area contributed by atoms with Crippen LogP contribution in [-0.2, 0) is 6.54 Å². The molecule has 5 nitrogen and oxygen atoms in total. The highest BCUT2D eigenvalue weighted by atomic mass is 32.1. The summed E-state index contributed by atoms with van der Waals surface area (Å²) in [5, 5.41) is 4.65. The summed E-state index contributed by atoms with van der Waals surface area (Å²) in [4.78, 5) is 15.0. The largest absolute Gasteiger partial charge is 0.349 e. The molecule has 0 aromatic carbocycles. The van der Waals surface area contributed by atoms with Crippen LogP contribution in [0, 0.1) is 0 Å². The predicted molar refractivity (Wildman–Crippen MR) is 95.9 cm³/mol. The molecule has 0 amide bonds. The van der Waals surface area contributed by atoms with E-state index in [1.54, 1.807) is 0 Å². The molecule has 0 saturated carbocycles. The van der Waals surface area contributed by atoms with Crippen molar-refractivity contribution >= 4 is 16.5 Å². The number of anilines is 1. The van der Waals surface area contributed by atoms with E-state index in [4.69, 9.17) is 0 Å². The van der Waals surface area contributed by atoms with Crippen molar-refractivity contribution in [1.29, 1.82) is 0 Å². The Hall–Kier alpha value is -1.50. The number of hydrogen-bond donors (Lipinski definition) is 1. The van der Waals surface area contributed by atoms with Gasteiger partial charge in [-0.25, -0.2) is 4.98 Å². The van der Waals surface area contributed by atoms with Crippen LogP contribution in [0.15, 0.2) is 30.7 Å². The fourth-order valence-corrected chi connectivity index (χ4v) is 4.12. The van der Waals surface area contributed by atoms with Gasteiger partial charge in [-0.2, -0.15) is 0 Å². The lowest BCUT2D eigenvalue weighted by Crippen LogP contribution is -2.45. The molecule has 6 heteroatoms. The molecule has 124 valence electrons. The second kappa shape index (κ2) is 7.86. The third kappa shape index (κ3) is 3.88. The molecule has 0 radical (unpaired) electrons. The van der Waals surface area contributed by atoms with Crippen LogP contribution in [0.25, 0.3) is 0 Å². The lowest BCUT2D eigenvalue weighted by molar-refractivity contribution is 0.155. The average Bonchev–Trinajstić information content (AvgIpc) is 3.06. The maximum absolute atomic E-state index is 4.61. The SMILES string of the molecule is CCN(CC)c1ncc(CN2CCNCC2c2ccncc2)s1. The number of nitrogens with zero attached hydrogens (tertiary/aromatic N) is 4. The van der Waals surface area contributed by atoms with Gasteiger partial charge in [0.2, 0.25) is 0 Å². The van der Waals surface area contributed by atoms with Crippen molar-refractivity contribution in [3.63, 3.8) is 0 Å². The number of pyridine rings is 1. The predicted octanol–water partition coefficient (Wildman–Crippen LogP) is 2.53. The minimum absolute atomic E-state index is 0.408. The Balaban J connectivity index is 1.72. The van der Waals surface area contributed by atoms with E-state index in [-0.39, 0.29) is 0 Å². The monoisotopic (exact) mass is 331 g/mol. The van der Waals surface area contributed by atoms with Crippen LogP contribution >= 0.6 is 11.3 Å². The molecule has 1 atom stereocenters. The molecular weight excluding hydrogens is 306 g/mol. The van der Waals surface area contributed by atoms with Crippen molar-refractivity contribution in [2.75, 3.05) is 37.6 Å². The number of rotatable bonds is 6. The third-order valence-corrected chi connectivity index (χ3v) is 5.42. The summed E-state index contributed by atoms with van der Waals surface area (Å²) in [5.74, 6) is 0. The average molecular weight is 331 g/mol. The minimum atomic E-state index is 0.408. The van der Waals surface area contributed by atoms with Gasteiger partial charge in [0.05, 0.1) is 0 Å². The van der Waals surface area contributed by atoms with Crippen LogP contribution in [0.3, 0.4) is 0 Å². The summed E-state index contributed by atoms with van der Waals surface area (Å²) in [6.07, 6.45) is 5.81. The minimum Gasteiger partial charge on any atom is -0.349 e. The summed E-state index contributed by atoms with van der Waals surface area (Å²) >= 11 is 1.82. The molecule has 0 spiro atoms. The Morgan fingerprint density at radius 1 is 1.30 bits per heavy atom. The zero-order valence-electron chi connectivity index (χ0n) is 13.9. The topological polar surface area (TPSA) is 44.3 Å². The summed E-state index contributed by atoms with van der Waals surface area (Å²) in [6.45, 7) is 10.4. The van der Waals surface area contributed by atoms with Gasteiger partial charge in [-0.3, -0.25) is 9.88 Å². The molecule has 2 aromatic heterocycles. The Morgan fingerprint density at radius 3 is 2.83 bits per heavy atom. The zero-order chi connectivity index (χ0) is 16.1. The zero-order valence-corrected chi connectivity index (χ0v) is 14.7. The summed E-state index contributed by atoms with van der Waals surface area (Å²) in [7, 11) is 0. The van der Waals surface area contributed by atoms with E-state index >= 15 is 0 Å². The van der Waals surface area contributed by atoms with Gasteiger partial charge in [0.15, 0.2) is 5.13 Å². The molecule has 3 heterocycles. The lowest BCUT2D eigenvalue weighted by atomic mass is 10.0. The quantitative estimate of drug-likeness (QED) is 0.881. The van der Waals surface area contributed by atoms with E-state index in [0.29, 0.717) is 6.04 Å². The fourth-order valence-electron chi connectivity index (χ4n) is 3.06. The highest BCUT2D eigenvalue weighted by molar-refractivity contribution is 7.15. The highest BCUT2D eigenvalue weighted by Gasteiger charge is 2.24. The number of nitrogens with one attached hydrogen (secondary N) is 1. The molecule has 0 aliphatic carbocycles. The standard InChI is InChI=1S/C17H25N5S/c1-3-21(4-2)17-20-11-15(23-17)13-22-10-9-19-12-16(22)14-5-7-18-8-6-14/h5-8,11,16,19H,3-4,9-10,12-13H2,1-2H3. The summed E-state index contributed by atoms with van der Waals surface area (Å²) in [6, 6.07) is 4.66. The molecule has 0 bridgehead atoms. The normalized spacial score (nSPS) is 19.0. The molecule has 1 saturated heterocycles. The maximum atomic E-state index is 4.61. The molecular formula is C17H25N5S. The Bertz CT molecular complexity index is 596. The van der Waals surface area contributed by atoms with Crippen molar-refractivity contribution in [3.05, 3.63) is 41.2 Å². The molecule has 1 fully saturated rings. The van der Waals surface area contributed by atoms with Gasteiger partial charge in [0.1, 0.15) is 0 Å². The molecule has 2 aromatic rings. The smallest absolute Gasteiger partial charge is 0.185 e.